The highest BCUT2D eigenvalue weighted by Gasteiger charge is 2.48. The average molecular weight is 432 g/mol. The average Bonchev–Trinajstić information content (AvgIpc) is 2.78. The normalized spacial score (nSPS) is 25.5. The summed E-state index contributed by atoms with van der Waals surface area (Å²) in [5.74, 6) is -3.55. The largest absolute Gasteiger partial charge is 0.479 e. The summed E-state index contributed by atoms with van der Waals surface area (Å²) in [5, 5.41) is 38.6. The number of hydrogen-bond donors (Lipinski definition) is 4. The summed E-state index contributed by atoms with van der Waals surface area (Å²) in [6, 6.07) is 14.4. The van der Waals surface area contributed by atoms with Crippen LogP contribution >= 0.6 is 0 Å². The molecule has 4 N–H and O–H groups in total. The van der Waals surface area contributed by atoms with Gasteiger partial charge in [-0.15, -0.1) is 0 Å². The lowest BCUT2D eigenvalue weighted by Crippen LogP contribution is -2.60. The Morgan fingerprint density at radius 1 is 0.806 bits per heavy atom. The number of esters is 2. The van der Waals surface area contributed by atoms with E-state index in [4.69, 9.17) is 19.3 Å². The number of aliphatic hydroxyl groups excluding tert-OH is 3. The minimum absolute atomic E-state index is 0.0299. The number of carboxylic acid groups (broad SMARTS) is 1. The fourth-order valence-corrected chi connectivity index (χ4v) is 2.96. The third kappa shape index (κ3) is 5.06. The van der Waals surface area contributed by atoms with E-state index >= 15 is 0 Å². The lowest BCUT2D eigenvalue weighted by atomic mass is 9.99. The molecule has 0 bridgehead atoms. The van der Waals surface area contributed by atoms with Gasteiger partial charge in [0, 0.05) is 0 Å². The van der Waals surface area contributed by atoms with Crippen LogP contribution in [0.1, 0.15) is 26.3 Å². The molecule has 1 aliphatic rings. The molecule has 164 valence electrons. The van der Waals surface area contributed by atoms with Gasteiger partial charge in [0.2, 0.25) is 6.29 Å². The Bertz CT molecular complexity index is 944. The molecular formula is C21H20O10. The first-order valence-corrected chi connectivity index (χ1v) is 9.23. The molecule has 5 atom stereocenters. The summed E-state index contributed by atoms with van der Waals surface area (Å²) in [7, 11) is 0. The number of carbonyl (C=O) groups is 3. The summed E-state index contributed by atoms with van der Waals surface area (Å²) in [4.78, 5) is 36.3. The van der Waals surface area contributed by atoms with E-state index in [0.29, 0.717) is 0 Å². The van der Waals surface area contributed by atoms with Gasteiger partial charge in [-0.25, -0.2) is 14.4 Å². The van der Waals surface area contributed by atoms with Gasteiger partial charge in [0.15, 0.2) is 6.10 Å². The number of benzene rings is 2. The predicted molar refractivity (Wildman–Crippen MR) is 102 cm³/mol. The Morgan fingerprint density at radius 3 is 2.00 bits per heavy atom. The van der Waals surface area contributed by atoms with Crippen molar-refractivity contribution in [2.24, 2.45) is 0 Å². The van der Waals surface area contributed by atoms with Gasteiger partial charge in [-0.2, -0.15) is 0 Å². The van der Waals surface area contributed by atoms with E-state index in [-0.39, 0.29) is 17.7 Å². The Balaban J connectivity index is 1.73. The molecule has 5 unspecified atom stereocenters. The van der Waals surface area contributed by atoms with Gasteiger partial charge < -0.3 is 34.6 Å². The van der Waals surface area contributed by atoms with Crippen molar-refractivity contribution >= 4 is 17.9 Å². The number of aliphatic carboxylic acids is 1. The number of carbonyl (C=O) groups excluding carboxylic acids is 2. The Kier molecular flexibility index (Phi) is 6.98. The summed E-state index contributed by atoms with van der Waals surface area (Å²) >= 11 is 0. The van der Waals surface area contributed by atoms with Crippen LogP contribution in [0.25, 0.3) is 0 Å². The molecule has 0 spiro atoms. The van der Waals surface area contributed by atoms with Gasteiger partial charge in [-0.1, -0.05) is 42.5 Å². The molecule has 0 amide bonds. The van der Waals surface area contributed by atoms with Crippen molar-refractivity contribution in [1.82, 2.24) is 0 Å². The van der Waals surface area contributed by atoms with Crippen LogP contribution in [0, 0.1) is 0 Å². The quantitative estimate of drug-likeness (QED) is 0.461. The summed E-state index contributed by atoms with van der Waals surface area (Å²) in [6.07, 6.45) is -9.59. The summed E-state index contributed by atoms with van der Waals surface area (Å²) in [5.41, 5.74) is 0.398. The fourth-order valence-electron chi connectivity index (χ4n) is 2.96. The van der Waals surface area contributed by atoms with Gasteiger partial charge in [-0.05, 0) is 17.7 Å². The molecule has 3 rings (SSSR count). The van der Waals surface area contributed by atoms with E-state index in [9.17, 15) is 29.7 Å². The first-order valence-electron chi connectivity index (χ1n) is 9.23. The zero-order valence-electron chi connectivity index (χ0n) is 16.0. The molecule has 2 aromatic carbocycles. The molecule has 0 radical (unpaired) electrons. The molecule has 1 saturated heterocycles. The van der Waals surface area contributed by atoms with Crippen LogP contribution in [0.15, 0.2) is 54.6 Å². The second-order valence-electron chi connectivity index (χ2n) is 6.75. The molecule has 1 heterocycles. The Morgan fingerprint density at radius 2 is 1.39 bits per heavy atom. The van der Waals surface area contributed by atoms with Crippen LogP contribution in [0.4, 0.5) is 0 Å². The van der Waals surface area contributed by atoms with Crippen molar-refractivity contribution in [1.29, 1.82) is 0 Å². The van der Waals surface area contributed by atoms with Crippen molar-refractivity contribution in [3.8, 4) is 0 Å². The number of aliphatic hydroxyl groups is 3. The molecule has 0 aliphatic carbocycles. The number of rotatable bonds is 6. The molecule has 1 fully saturated rings. The third-order valence-electron chi connectivity index (χ3n) is 4.62. The van der Waals surface area contributed by atoms with Gasteiger partial charge in [-0.3, -0.25) is 0 Å². The molecule has 31 heavy (non-hydrogen) atoms. The van der Waals surface area contributed by atoms with Crippen molar-refractivity contribution in [3.63, 3.8) is 0 Å². The highest BCUT2D eigenvalue weighted by Crippen LogP contribution is 2.24. The lowest BCUT2D eigenvalue weighted by Gasteiger charge is -2.37. The first-order chi connectivity index (χ1) is 14.8. The zero-order valence-corrected chi connectivity index (χ0v) is 16.0. The number of carboxylic acids is 1. The topological polar surface area (TPSA) is 160 Å². The second kappa shape index (κ2) is 9.67. The summed E-state index contributed by atoms with van der Waals surface area (Å²) in [6.45, 7) is -0.0299. The van der Waals surface area contributed by atoms with Crippen molar-refractivity contribution in [3.05, 3.63) is 71.3 Å². The van der Waals surface area contributed by atoms with E-state index in [2.05, 4.69) is 0 Å². The smallest absolute Gasteiger partial charge is 0.341 e. The van der Waals surface area contributed by atoms with Gasteiger partial charge in [0.25, 0.3) is 0 Å². The van der Waals surface area contributed by atoms with Crippen LogP contribution in [0.5, 0.6) is 0 Å². The molecule has 10 nitrogen and oxygen atoms in total. The molecular weight excluding hydrogens is 412 g/mol. The van der Waals surface area contributed by atoms with Crippen LogP contribution in [-0.2, 0) is 25.6 Å². The van der Waals surface area contributed by atoms with Crippen molar-refractivity contribution in [2.45, 2.75) is 37.3 Å². The summed E-state index contributed by atoms with van der Waals surface area (Å²) < 4.78 is 15.1. The minimum Gasteiger partial charge on any atom is -0.479 e. The zero-order chi connectivity index (χ0) is 22.5. The first kappa shape index (κ1) is 22.4. The molecule has 10 heteroatoms. The maximum absolute atomic E-state index is 12.6. The van der Waals surface area contributed by atoms with Crippen LogP contribution < -0.4 is 0 Å². The third-order valence-corrected chi connectivity index (χ3v) is 4.62. The molecule has 2 aromatic rings. The van der Waals surface area contributed by atoms with Gasteiger partial charge in [0.05, 0.1) is 11.1 Å². The number of ether oxygens (including phenoxy) is 3. The fraction of sp³-hybridized carbons (Fsp3) is 0.286. The van der Waals surface area contributed by atoms with E-state index < -0.39 is 48.6 Å². The highest BCUT2D eigenvalue weighted by molar-refractivity contribution is 6.03. The van der Waals surface area contributed by atoms with Crippen molar-refractivity contribution < 1.29 is 49.0 Å². The van der Waals surface area contributed by atoms with Crippen molar-refractivity contribution in [2.75, 3.05) is 0 Å². The van der Waals surface area contributed by atoms with Crippen LogP contribution in [0.3, 0.4) is 0 Å². The van der Waals surface area contributed by atoms with Gasteiger partial charge >= 0.3 is 17.9 Å². The number of hydrogen-bond acceptors (Lipinski definition) is 9. The van der Waals surface area contributed by atoms with Crippen LogP contribution in [-0.4, -0.2) is 69.0 Å². The van der Waals surface area contributed by atoms with E-state index in [1.807, 2.05) is 6.07 Å². The Hall–Kier alpha value is -3.31. The SMILES string of the molecule is O=C(OCc1ccccc1)c1ccccc1C(=O)OC1OC(C(=O)O)C(O)C(O)C1O. The van der Waals surface area contributed by atoms with Crippen LogP contribution in [0.2, 0.25) is 0 Å². The second-order valence-corrected chi connectivity index (χ2v) is 6.75. The maximum atomic E-state index is 12.6. The standard InChI is InChI=1S/C21H20O10/c22-14-15(23)17(18(25)26)30-21(16(14)24)31-20(28)13-9-5-4-8-12(13)19(27)29-10-11-6-2-1-3-7-11/h1-9,14-17,21-24H,10H2,(H,25,26). The van der Waals surface area contributed by atoms with E-state index in [1.165, 1.54) is 24.3 Å². The van der Waals surface area contributed by atoms with E-state index in [0.717, 1.165) is 5.56 Å². The Labute approximate surface area is 176 Å². The van der Waals surface area contributed by atoms with Gasteiger partial charge in [0.1, 0.15) is 24.9 Å². The van der Waals surface area contributed by atoms with E-state index in [1.54, 1.807) is 24.3 Å². The molecule has 0 saturated carbocycles. The highest BCUT2D eigenvalue weighted by atomic mass is 16.7. The minimum atomic E-state index is -1.93. The lowest BCUT2D eigenvalue weighted by molar-refractivity contribution is -0.278. The molecule has 1 aliphatic heterocycles. The predicted octanol–water partition coefficient (Wildman–Crippen LogP) is 0.0926. The molecule has 0 aromatic heterocycles. The maximum Gasteiger partial charge on any atom is 0.341 e. The monoisotopic (exact) mass is 432 g/mol.